The second kappa shape index (κ2) is 6.91. The highest BCUT2D eigenvalue weighted by molar-refractivity contribution is 6.62. The van der Waals surface area contributed by atoms with Crippen LogP contribution in [0.2, 0.25) is 0 Å². The lowest BCUT2D eigenvalue weighted by atomic mass is 9.64. The highest BCUT2D eigenvalue weighted by atomic mass is 19.1. The Morgan fingerprint density at radius 2 is 1.75 bits per heavy atom. The molecule has 0 bridgehead atoms. The summed E-state index contributed by atoms with van der Waals surface area (Å²) >= 11 is 0. The van der Waals surface area contributed by atoms with Gasteiger partial charge in [0, 0.05) is 5.92 Å². The van der Waals surface area contributed by atoms with Gasteiger partial charge >= 0.3 is 7.12 Å². The van der Waals surface area contributed by atoms with E-state index in [9.17, 15) is 29.9 Å². The van der Waals surface area contributed by atoms with E-state index in [2.05, 4.69) is 0 Å². The summed E-state index contributed by atoms with van der Waals surface area (Å²) in [5.41, 5.74) is -3.11. The van der Waals surface area contributed by atoms with Gasteiger partial charge in [0.05, 0.1) is 23.9 Å². The highest BCUT2D eigenvalue weighted by Gasteiger charge is 2.65. The van der Waals surface area contributed by atoms with Gasteiger partial charge in [-0.25, -0.2) is 4.39 Å². The zero-order valence-corrected chi connectivity index (χ0v) is 16.2. The average Bonchev–Trinajstić information content (AvgIpc) is 2.83. The van der Waals surface area contributed by atoms with Gasteiger partial charge in [0.15, 0.2) is 17.2 Å². The summed E-state index contributed by atoms with van der Waals surface area (Å²) in [7, 11) is -0.787. The van der Waals surface area contributed by atoms with Gasteiger partial charge in [0.2, 0.25) is 6.29 Å². The minimum Gasteiger partial charge on any atom is -0.459 e. The first-order chi connectivity index (χ1) is 12.8. The largest absolute Gasteiger partial charge is 0.494 e. The fraction of sp³-hybridized carbons (Fsp3) is 0.667. The first-order valence-corrected chi connectivity index (χ1v) is 9.04. The Hall–Kier alpha value is -1.27. The second-order valence-corrected chi connectivity index (χ2v) is 8.36. The Labute approximate surface area is 162 Å². The van der Waals surface area contributed by atoms with Crippen molar-refractivity contribution in [2.75, 3.05) is 6.61 Å². The van der Waals surface area contributed by atoms with Crippen LogP contribution in [0.3, 0.4) is 0 Å². The SMILES string of the molecule is CC1(C)OB(c2ccc(OC(O)C3(O)C(O)C(O)C3CO)c(F)c2)OC1(C)C. The molecule has 0 amide bonds. The van der Waals surface area contributed by atoms with Crippen LogP contribution < -0.4 is 10.2 Å². The molecule has 3 rings (SSSR count). The van der Waals surface area contributed by atoms with Crippen molar-refractivity contribution in [3.63, 3.8) is 0 Å². The summed E-state index contributed by atoms with van der Waals surface area (Å²) < 4.78 is 31.3. The van der Waals surface area contributed by atoms with Gasteiger partial charge in [-0.2, -0.15) is 0 Å². The lowest BCUT2D eigenvalue weighted by Crippen LogP contribution is -2.76. The molecule has 1 aromatic rings. The molecule has 1 saturated heterocycles. The van der Waals surface area contributed by atoms with Crippen molar-refractivity contribution in [2.24, 2.45) is 5.92 Å². The van der Waals surface area contributed by atoms with Gasteiger partial charge in [-0.1, -0.05) is 6.07 Å². The zero-order chi connectivity index (χ0) is 21.1. The van der Waals surface area contributed by atoms with E-state index >= 15 is 0 Å². The third-order valence-corrected chi connectivity index (χ3v) is 6.12. The number of hydrogen-bond acceptors (Lipinski definition) is 8. The maximum atomic E-state index is 14.5. The van der Waals surface area contributed by atoms with E-state index in [4.69, 9.17) is 14.0 Å². The maximum Gasteiger partial charge on any atom is 0.494 e. The first-order valence-electron chi connectivity index (χ1n) is 9.04. The summed E-state index contributed by atoms with van der Waals surface area (Å²) in [5.74, 6) is -2.46. The molecule has 1 heterocycles. The van der Waals surface area contributed by atoms with Crippen LogP contribution in [0.25, 0.3) is 0 Å². The molecule has 0 radical (unpaired) electrons. The van der Waals surface area contributed by atoms with E-state index in [1.165, 1.54) is 12.1 Å². The molecule has 28 heavy (non-hydrogen) atoms. The molecular weight excluding hydrogens is 374 g/mol. The number of aliphatic hydroxyl groups excluding tert-OH is 4. The lowest BCUT2D eigenvalue weighted by Gasteiger charge is -2.53. The number of halogens is 1. The predicted molar refractivity (Wildman–Crippen MR) is 96.3 cm³/mol. The van der Waals surface area contributed by atoms with Crippen LogP contribution >= 0.6 is 0 Å². The van der Waals surface area contributed by atoms with E-state index in [0.29, 0.717) is 5.46 Å². The van der Waals surface area contributed by atoms with Gasteiger partial charge < -0.3 is 39.6 Å². The molecule has 1 aliphatic carbocycles. The summed E-state index contributed by atoms with van der Waals surface area (Å²) in [4.78, 5) is 0. The first kappa shape index (κ1) is 21.4. The van der Waals surface area contributed by atoms with Crippen LogP contribution in [0.4, 0.5) is 4.39 Å². The standard InChI is InChI=1S/C18H26BFO8/c1-16(2)17(3,4)28-19(27-16)9-5-6-12(11(20)7-9)26-15(24)18(25)10(8-21)13(22)14(18)23/h5-7,10,13-15,21-25H,8H2,1-4H3. The quantitative estimate of drug-likeness (QED) is 0.311. The summed E-state index contributed by atoms with van der Waals surface area (Å²) in [6, 6.07) is 3.86. The number of benzene rings is 1. The lowest BCUT2D eigenvalue weighted by molar-refractivity contribution is -0.332. The molecule has 8 nitrogen and oxygen atoms in total. The van der Waals surface area contributed by atoms with Gasteiger partial charge in [-0.05, 0) is 45.3 Å². The fourth-order valence-corrected chi connectivity index (χ4v) is 3.40. The third kappa shape index (κ3) is 3.13. The zero-order valence-electron chi connectivity index (χ0n) is 16.2. The van der Waals surface area contributed by atoms with Gasteiger partial charge in [-0.3, -0.25) is 0 Å². The molecular formula is C18H26BFO8. The normalized spacial score (nSPS) is 34.8. The predicted octanol–water partition coefficient (Wildman–Crippen LogP) is -1.10. The number of hydrogen-bond donors (Lipinski definition) is 5. The molecule has 0 aromatic heterocycles. The van der Waals surface area contributed by atoms with Crippen LogP contribution in [0.15, 0.2) is 18.2 Å². The van der Waals surface area contributed by atoms with Crippen molar-refractivity contribution in [3.8, 4) is 5.75 Å². The molecule has 0 spiro atoms. The summed E-state index contributed by atoms with van der Waals surface area (Å²) in [6.07, 6.45) is -5.24. The number of aliphatic hydroxyl groups is 5. The van der Waals surface area contributed by atoms with Crippen LogP contribution in [0.1, 0.15) is 27.7 Å². The maximum absolute atomic E-state index is 14.5. The topological polar surface area (TPSA) is 129 Å². The van der Waals surface area contributed by atoms with Crippen molar-refractivity contribution >= 4 is 12.6 Å². The Morgan fingerprint density at radius 1 is 1.18 bits per heavy atom. The minimum absolute atomic E-state index is 0.383. The average molecular weight is 400 g/mol. The Balaban J connectivity index is 1.75. The molecule has 5 N–H and O–H groups in total. The molecule has 156 valence electrons. The van der Waals surface area contributed by atoms with E-state index in [0.717, 1.165) is 6.07 Å². The highest BCUT2D eigenvalue weighted by Crippen LogP contribution is 2.42. The molecule has 1 saturated carbocycles. The van der Waals surface area contributed by atoms with Crippen molar-refractivity contribution in [1.29, 1.82) is 0 Å². The van der Waals surface area contributed by atoms with Crippen molar-refractivity contribution in [3.05, 3.63) is 24.0 Å². The Bertz CT molecular complexity index is 728. The number of rotatable bonds is 5. The molecule has 1 aromatic carbocycles. The van der Waals surface area contributed by atoms with Crippen molar-refractivity contribution in [2.45, 2.75) is 63.0 Å². The van der Waals surface area contributed by atoms with Crippen molar-refractivity contribution < 1.29 is 44.0 Å². The Kier molecular flexibility index (Phi) is 5.29. The Morgan fingerprint density at radius 3 is 2.25 bits per heavy atom. The van der Waals surface area contributed by atoms with Crippen molar-refractivity contribution in [1.82, 2.24) is 0 Å². The molecule has 1 aliphatic heterocycles. The monoisotopic (exact) mass is 400 g/mol. The van der Waals surface area contributed by atoms with Crippen LogP contribution in [0, 0.1) is 11.7 Å². The smallest absolute Gasteiger partial charge is 0.459 e. The van der Waals surface area contributed by atoms with E-state index in [1.54, 1.807) is 0 Å². The second-order valence-electron chi connectivity index (χ2n) is 8.36. The minimum atomic E-state index is -2.33. The molecule has 5 atom stereocenters. The van der Waals surface area contributed by atoms with E-state index in [-0.39, 0.29) is 5.75 Å². The van der Waals surface area contributed by atoms with Crippen LogP contribution in [-0.2, 0) is 9.31 Å². The third-order valence-electron chi connectivity index (χ3n) is 6.12. The molecule has 10 heteroatoms. The molecule has 2 fully saturated rings. The van der Waals surface area contributed by atoms with Crippen LogP contribution in [-0.4, -0.2) is 74.6 Å². The molecule has 5 unspecified atom stereocenters. The summed E-state index contributed by atoms with van der Waals surface area (Å²) in [6.45, 7) is 6.78. The van der Waals surface area contributed by atoms with Gasteiger partial charge in [0.25, 0.3) is 0 Å². The molecule has 2 aliphatic rings. The number of ether oxygens (including phenoxy) is 1. The van der Waals surface area contributed by atoms with E-state index < -0.39 is 60.8 Å². The van der Waals surface area contributed by atoms with Gasteiger partial charge in [-0.15, -0.1) is 0 Å². The summed E-state index contributed by atoms with van der Waals surface area (Å²) in [5, 5.41) is 49.1. The van der Waals surface area contributed by atoms with Gasteiger partial charge in [0.1, 0.15) is 6.10 Å². The fourth-order valence-electron chi connectivity index (χ4n) is 3.40. The van der Waals surface area contributed by atoms with E-state index in [1.807, 2.05) is 27.7 Å². The van der Waals surface area contributed by atoms with Crippen LogP contribution in [0.5, 0.6) is 5.75 Å².